The number of rotatable bonds is 12. The molecule has 2 atom stereocenters. The van der Waals surface area contributed by atoms with Gasteiger partial charge in [-0.25, -0.2) is 0 Å². The van der Waals surface area contributed by atoms with Gasteiger partial charge in [-0.05, 0) is 67.5 Å². The van der Waals surface area contributed by atoms with Gasteiger partial charge in [0, 0.05) is 24.0 Å². The van der Waals surface area contributed by atoms with Crippen molar-refractivity contribution in [2.75, 3.05) is 40.6 Å². The van der Waals surface area contributed by atoms with Crippen molar-refractivity contribution < 1.29 is 9.47 Å². The van der Waals surface area contributed by atoms with Gasteiger partial charge in [-0.2, -0.15) is 0 Å². The van der Waals surface area contributed by atoms with Crippen LogP contribution in [0, 0.1) is 0 Å². The van der Waals surface area contributed by atoms with Crippen molar-refractivity contribution in [3.8, 4) is 11.5 Å². The van der Waals surface area contributed by atoms with Gasteiger partial charge in [0.15, 0.2) is 0 Å². The Balaban J connectivity index is 2.04. The molecule has 0 heterocycles. The zero-order valence-corrected chi connectivity index (χ0v) is 23.7. The second-order valence-electron chi connectivity index (χ2n) is 9.00. The van der Waals surface area contributed by atoms with E-state index < -0.39 is 7.92 Å². The summed E-state index contributed by atoms with van der Waals surface area (Å²) in [6.45, 7) is 7.12. The number of allylic oxidation sites excluding steroid dienone is 3. The van der Waals surface area contributed by atoms with Gasteiger partial charge in [0.05, 0.1) is 14.2 Å². The highest BCUT2D eigenvalue weighted by molar-refractivity contribution is 7.65. The lowest BCUT2D eigenvalue weighted by molar-refractivity contribution is 0.348. The van der Waals surface area contributed by atoms with Gasteiger partial charge in [0.25, 0.3) is 0 Å². The summed E-state index contributed by atoms with van der Waals surface area (Å²) in [5, 5.41) is 1.66. The van der Waals surface area contributed by atoms with Crippen LogP contribution in [0.25, 0.3) is 0 Å². The van der Waals surface area contributed by atoms with E-state index in [9.17, 15) is 0 Å². The monoisotopic (exact) mass is 497 g/mol. The molecule has 0 bridgehead atoms. The van der Waals surface area contributed by atoms with Crippen LogP contribution in [0.2, 0.25) is 0 Å². The SMILES string of the molecule is CCP(CC)C1C(C(C)N(C)C)=CC=C1P(Cc1ccccc1OC)Cc1ccccc1OC. The van der Waals surface area contributed by atoms with E-state index in [1.807, 2.05) is 0 Å². The van der Waals surface area contributed by atoms with Crippen LogP contribution in [0.15, 0.2) is 71.6 Å². The maximum Gasteiger partial charge on any atom is 0.122 e. The smallest absolute Gasteiger partial charge is 0.122 e. The summed E-state index contributed by atoms with van der Waals surface area (Å²) in [5.74, 6) is 1.99. The summed E-state index contributed by atoms with van der Waals surface area (Å²) in [6, 6.07) is 17.5. The van der Waals surface area contributed by atoms with Gasteiger partial charge < -0.3 is 14.4 Å². The van der Waals surface area contributed by atoms with Crippen molar-refractivity contribution in [3.63, 3.8) is 0 Å². The average molecular weight is 498 g/mol. The first-order valence-corrected chi connectivity index (χ1v) is 15.7. The maximum absolute atomic E-state index is 5.76. The third-order valence-electron chi connectivity index (χ3n) is 6.95. The Morgan fingerprint density at radius 2 is 1.32 bits per heavy atom. The summed E-state index contributed by atoms with van der Waals surface area (Å²) in [6.07, 6.45) is 9.50. The number of para-hydroxylation sites is 2. The van der Waals surface area contributed by atoms with Crippen molar-refractivity contribution in [1.82, 2.24) is 4.90 Å². The van der Waals surface area contributed by atoms with E-state index in [0.717, 1.165) is 23.8 Å². The number of nitrogens with zero attached hydrogens (tertiary/aromatic N) is 1. The quantitative estimate of drug-likeness (QED) is 0.283. The second-order valence-corrected chi connectivity index (χ2v) is 14.2. The van der Waals surface area contributed by atoms with E-state index in [2.05, 4.69) is 100 Å². The predicted molar refractivity (Wildman–Crippen MR) is 151 cm³/mol. The molecule has 0 fully saturated rings. The molecular weight excluding hydrogens is 456 g/mol. The summed E-state index contributed by atoms with van der Waals surface area (Å²) < 4.78 is 11.5. The van der Waals surface area contributed by atoms with Crippen molar-refractivity contribution in [2.24, 2.45) is 0 Å². The predicted octanol–water partition coefficient (Wildman–Crippen LogP) is 7.55. The van der Waals surface area contributed by atoms with Gasteiger partial charge in [-0.1, -0.05) is 78.2 Å². The molecule has 1 aliphatic rings. The Bertz CT molecular complexity index is 948. The van der Waals surface area contributed by atoms with E-state index in [1.54, 1.807) is 25.1 Å². The first kappa shape index (κ1) is 26.9. The third-order valence-corrected chi connectivity index (χ3v) is 12.7. The molecule has 3 nitrogen and oxygen atoms in total. The van der Waals surface area contributed by atoms with E-state index in [-0.39, 0.29) is 7.92 Å². The van der Waals surface area contributed by atoms with Crippen LogP contribution in [0.1, 0.15) is 31.9 Å². The van der Waals surface area contributed by atoms with Crippen LogP contribution < -0.4 is 9.47 Å². The molecule has 2 unspecified atom stereocenters. The van der Waals surface area contributed by atoms with Gasteiger partial charge in [0.1, 0.15) is 11.5 Å². The minimum Gasteiger partial charge on any atom is -0.496 e. The number of likely N-dealkylation sites (N-methyl/N-ethyl adjacent to an activating group) is 1. The standard InChI is InChI=1S/C29H41NO2P2/c1-8-33(9-2)29-25(22(3)30(4)5)18-19-28(29)34(20-23-14-10-12-16-26(23)31-6)21-24-15-11-13-17-27(24)32-7/h10-19,22,29H,8-9,20-21H2,1-7H3. The Kier molecular flexibility index (Phi) is 10.2. The van der Waals surface area contributed by atoms with Crippen LogP contribution in [0.5, 0.6) is 11.5 Å². The largest absolute Gasteiger partial charge is 0.496 e. The lowest BCUT2D eigenvalue weighted by Gasteiger charge is -2.36. The Labute approximate surface area is 209 Å². The Morgan fingerprint density at radius 1 is 0.824 bits per heavy atom. The van der Waals surface area contributed by atoms with Gasteiger partial charge in [-0.15, -0.1) is 0 Å². The highest BCUT2D eigenvalue weighted by atomic mass is 31.1. The summed E-state index contributed by atoms with van der Waals surface area (Å²) in [5.41, 5.74) is 4.77. The van der Waals surface area contributed by atoms with Crippen LogP contribution in [-0.4, -0.2) is 57.2 Å². The molecule has 5 heteroatoms. The number of methoxy groups -OCH3 is 2. The molecule has 0 saturated carbocycles. The Hall–Kier alpha value is -1.66. The van der Waals surface area contributed by atoms with Crippen molar-refractivity contribution in [3.05, 3.63) is 82.7 Å². The zero-order chi connectivity index (χ0) is 24.7. The molecule has 0 amide bonds. The van der Waals surface area contributed by atoms with E-state index >= 15 is 0 Å². The van der Waals surface area contributed by atoms with Gasteiger partial charge in [0.2, 0.25) is 0 Å². The molecule has 184 valence electrons. The summed E-state index contributed by atoms with van der Waals surface area (Å²) in [4.78, 5) is 2.36. The minimum absolute atomic E-state index is 0.107. The lowest BCUT2D eigenvalue weighted by atomic mass is 10.1. The molecular formula is C29H41NO2P2. The Morgan fingerprint density at radius 3 is 1.76 bits per heavy atom. The molecule has 0 aromatic heterocycles. The van der Waals surface area contributed by atoms with E-state index in [0.29, 0.717) is 11.7 Å². The number of benzene rings is 2. The summed E-state index contributed by atoms with van der Waals surface area (Å²) in [7, 11) is 7.40. The number of ether oxygens (including phenoxy) is 2. The van der Waals surface area contributed by atoms with E-state index in [4.69, 9.17) is 9.47 Å². The molecule has 3 rings (SSSR count). The molecule has 1 aliphatic carbocycles. The highest BCUT2D eigenvalue weighted by Crippen LogP contribution is 2.63. The molecule has 0 aliphatic heterocycles. The van der Waals surface area contributed by atoms with Crippen LogP contribution in [-0.2, 0) is 12.3 Å². The first-order chi connectivity index (χ1) is 16.4. The summed E-state index contributed by atoms with van der Waals surface area (Å²) >= 11 is 0. The topological polar surface area (TPSA) is 21.7 Å². The normalized spacial score (nSPS) is 16.7. The van der Waals surface area contributed by atoms with Crippen LogP contribution >= 0.6 is 15.8 Å². The minimum atomic E-state index is -0.465. The fraction of sp³-hybridized carbons (Fsp3) is 0.448. The van der Waals surface area contributed by atoms with Crippen molar-refractivity contribution in [2.45, 2.75) is 44.8 Å². The third kappa shape index (κ3) is 6.12. The number of hydrogen-bond donors (Lipinski definition) is 0. The molecule has 0 N–H and O–H groups in total. The van der Waals surface area contributed by atoms with Crippen LogP contribution in [0.3, 0.4) is 0 Å². The molecule has 2 aromatic rings. The molecule has 34 heavy (non-hydrogen) atoms. The molecule has 2 aromatic carbocycles. The van der Waals surface area contributed by atoms with Crippen molar-refractivity contribution in [1.29, 1.82) is 0 Å². The molecule has 0 radical (unpaired) electrons. The van der Waals surface area contributed by atoms with Crippen LogP contribution in [0.4, 0.5) is 0 Å². The fourth-order valence-corrected chi connectivity index (χ4v) is 10.7. The maximum atomic E-state index is 5.76. The molecule has 0 spiro atoms. The lowest BCUT2D eigenvalue weighted by Crippen LogP contribution is -2.31. The molecule has 0 saturated heterocycles. The second kappa shape index (κ2) is 12.9. The average Bonchev–Trinajstić information content (AvgIpc) is 3.29. The van der Waals surface area contributed by atoms with Gasteiger partial charge >= 0.3 is 0 Å². The zero-order valence-electron chi connectivity index (χ0n) is 21.9. The van der Waals surface area contributed by atoms with Crippen molar-refractivity contribution >= 4 is 15.8 Å². The van der Waals surface area contributed by atoms with E-state index in [1.165, 1.54) is 23.5 Å². The number of hydrogen-bond acceptors (Lipinski definition) is 3. The van der Waals surface area contributed by atoms with Gasteiger partial charge in [-0.3, -0.25) is 0 Å². The highest BCUT2D eigenvalue weighted by Gasteiger charge is 2.36. The fourth-order valence-electron chi connectivity index (χ4n) is 4.78. The first-order valence-electron chi connectivity index (χ1n) is 12.3.